The Morgan fingerprint density at radius 2 is 2.05 bits per heavy atom. The zero-order chi connectivity index (χ0) is 13.4. The van der Waals surface area contributed by atoms with Gasteiger partial charge in [0.15, 0.2) is 0 Å². The zero-order valence-corrected chi connectivity index (χ0v) is 12.4. The van der Waals surface area contributed by atoms with Crippen molar-refractivity contribution in [3.8, 4) is 0 Å². The molecule has 0 spiro atoms. The summed E-state index contributed by atoms with van der Waals surface area (Å²) in [5.74, 6) is 0.887. The predicted molar refractivity (Wildman–Crippen MR) is 81.8 cm³/mol. The fourth-order valence-electron chi connectivity index (χ4n) is 3.74. The first kappa shape index (κ1) is 13.3. The summed E-state index contributed by atoms with van der Waals surface area (Å²) in [6.07, 6.45) is 6.84. The van der Waals surface area contributed by atoms with E-state index in [-0.39, 0.29) is 6.04 Å². The van der Waals surface area contributed by atoms with Crippen LogP contribution in [0.4, 0.5) is 5.69 Å². The van der Waals surface area contributed by atoms with Crippen LogP contribution in [0.1, 0.15) is 50.6 Å². The zero-order valence-electron chi connectivity index (χ0n) is 11.6. The number of benzene rings is 1. The molecule has 19 heavy (non-hydrogen) atoms. The number of halogens is 1. The fourth-order valence-corrected chi connectivity index (χ4v) is 4.04. The van der Waals surface area contributed by atoms with Crippen LogP contribution in [-0.2, 0) is 0 Å². The van der Waals surface area contributed by atoms with Gasteiger partial charge in [-0.05, 0) is 49.8 Å². The first-order chi connectivity index (χ1) is 9.16. The lowest BCUT2D eigenvalue weighted by atomic mass is 9.85. The van der Waals surface area contributed by atoms with Crippen LogP contribution in [0.5, 0.6) is 0 Å². The second-order valence-corrected chi connectivity index (χ2v) is 6.50. The Labute approximate surface area is 120 Å². The van der Waals surface area contributed by atoms with Crippen LogP contribution in [0.15, 0.2) is 18.2 Å². The molecule has 0 aromatic heterocycles. The van der Waals surface area contributed by atoms with Gasteiger partial charge in [0.25, 0.3) is 0 Å². The van der Waals surface area contributed by atoms with E-state index >= 15 is 0 Å². The van der Waals surface area contributed by atoms with Gasteiger partial charge in [0, 0.05) is 18.6 Å². The largest absolute Gasteiger partial charge is 0.367 e. The van der Waals surface area contributed by atoms with Gasteiger partial charge in [-0.1, -0.05) is 30.5 Å². The summed E-state index contributed by atoms with van der Waals surface area (Å²) >= 11 is 6.49. The highest BCUT2D eigenvalue weighted by atomic mass is 35.5. The SMILES string of the molecule is C[C@@H](N)c1ccc(N2CCC3CCCCC32)c(Cl)c1. The Morgan fingerprint density at radius 1 is 1.26 bits per heavy atom. The van der Waals surface area contributed by atoms with Gasteiger partial charge in [-0.2, -0.15) is 0 Å². The topological polar surface area (TPSA) is 29.3 Å². The third-order valence-corrected chi connectivity index (χ3v) is 5.12. The monoisotopic (exact) mass is 278 g/mol. The Hall–Kier alpha value is -0.730. The van der Waals surface area contributed by atoms with E-state index in [9.17, 15) is 0 Å². The van der Waals surface area contributed by atoms with Gasteiger partial charge in [0.1, 0.15) is 0 Å². The summed E-state index contributed by atoms with van der Waals surface area (Å²) in [7, 11) is 0. The number of nitrogens with two attached hydrogens (primary N) is 1. The molecule has 2 unspecified atom stereocenters. The molecule has 2 aliphatic rings. The van der Waals surface area contributed by atoms with Crippen molar-refractivity contribution in [2.45, 2.75) is 51.1 Å². The molecule has 0 radical (unpaired) electrons. The van der Waals surface area contributed by atoms with Crippen LogP contribution in [-0.4, -0.2) is 12.6 Å². The lowest BCUT2D eigenvalue weighted by molar-refractivity contribution is 0.342. The number of hydrogen-bond acceptors (Lipinski definition) is 2. The first-order valence-corrected chi connectivity index (χ1v) is 7.86. The minimum absolute atomic E-state index is 0.0487. The standard InChI is InChI=1S/C16H23ClN2/c1-11(18)13-6-7-16(14(17)10-13)19-9-8-12-4-2-3-5-15(12)19/h6-7,10-12,15H,2-5,8-9,18H2,1H3/t11-,12?,15?/m1/s1. The summed E-state index contributed by atoms with van der Waals surface area (Å²) in [6, 6.07) is 7.09. The maximum Gasteiger partial charge on any atom is 0.0642 e. The molecule has 1 saturated carbocycles. The fraction of sp³-hybridized carbons (Fsp3) is 0.625. The van der Waals surface area contributed by atoms with Crippen molar-refractivity contribution in [2.75, 3.05) is 11.4 Å². The van der Waals surface area contributed by atoms with Crippen LogP contribution in [0.3, 0.4) is 0 Å². The quantitative estimate of drug-likeness (QED) is 0.881. The lowest BCUT2D eigenvalue weighted by Gasteiger charge is -2.33. The van der Waals surface area contributed by atoms with Gasteiger partial charge in [-0.15, -0.1) is 0 Å². The maximum absolute atomic E-state index is 6.49. The molecule has 2 nitrogen and oxygen atoms in total. The third kappa shape index (κ3) is 2.48. The van der Waals surface area contributed by atoms with Crippen LogP contribution in [0.25, 0.3) is 0 Å². The van der Waals surface area contributed by atoms with Gasteiger partial charge in [-0.25, -0.2) is 0 Å². The van der Waals surface area contributed by atoms with Crippen molar-refractivity contribution in [1.82, 2.24) is 0 Å². The molecule has 1 aromatic rings. The molecule has 3 rings (SSSR count). The van der Waals surface area contributed by atoms with Gasteiger partial charge < -0.3 is 10.6 Å². The third-order valence-electron chi connectivity index (χ3n) is 4.82. The van der Waals surface area contributed by atoms with Crippen molar-refractivity contribution in [3.63, 3.8) is 0 Å². The molecule has 0 bridgehead atoms. The Balaban J connectivity index is 1.86. The Bertz CT molecular complexity index is 458. The van der Waals surface area contributed by atoms with Gasteiger partial charge in [0.2, 0.25) is 0 Å². The molecule has 3 atom stereocenters. The predicted octanol–water partition coefficient (Wildman–Crippen LogP) is 4.13. The molecule has 1 aliphatic heterocycles. The smallest absolute Gasteiger partial charge is 0.0642 e. The van der Waals surface area contributed by atoms with E-state index in [1.54, 1.807) is 0 Å². The number of fused-ring (bicyclic) bond motifs is 1. The van der Waals surface area contributed by atoms with Crippen molar-refractivity contribution >= 4 is 17.3 Å². The molecule has 1 aromatic carbocycles. The molecule has 0 amide bonds. The molecule has 104 valence electrons. The van der Waals surface area contributed by atoms with Crippen molar-refractivity contribution < 1.29 is 0 Å². The summed E-state index contributed by atoms with van der Waals surface area (Å²) in [5, 5.41) is 0.862. The van der Waals surface area contributed by atoms with Gasteiger partial charge in [-0.3, -0.25) is 0 Å². The molecule has 1 saturated heterocycles. The number of nitrogens with zero attached hydrogens (tertiary/aromatic N) is 1. The average molecular weight is 279 g/mol. The van der Waals surface area contributed by atoms with E-state index < -0.39 is 0 Å². The van der Waals surface area contributed by atoms with E-state index in [1.165, 1.54) is 37.8 Å². The summed E-state index contributed by atoms with van der Waals surface area (Å²) in [4.78, 5) is 2.54. The lowest BCUT2D eigenvalue weighted by Crippen LogP contribution is -2.34. The Morgan fingerprint density at radius 3 is 2.79 bits per heavy atom. The van der Waals surface area contributed by atoms with Crippen LogP contribution < -0.4 is 10.6 Å². The number of hydrogen-bond donors (Lipinski definition) is 1. The first-order valence-electron chi connectivity index (χ1n) is 7.48. The van der Waals surface area contributed by atoms with Crippen molar-refractivity contribution in [3.05, 3.63) is 28.8 Å². The van der Waals surface area contributed by atoms with E-state index in [4.69, 9.17) is 17.3 Å². The van der Waals surface area contributed by atoms with E-state index in [0.29, 0.717) is 6.04 Å². The summed E-state index contributed by atoms with van der Waals surface area (Å²) < 4.78 is 0. The molecule has 1 aliphatic carbocycles. The number of rotatable bonds is 2. The van der Waals surface area contributed by atoms with Crippen LogP contribution in [0, 0.1) is 5.92 Å². The van der Waals surface area contributed by atoms with Crippen molar-refractivity contribution in [2.24, 2.45) is 11.7 Å². The summed E-state index contributed by atoms with van der Waals surface area (Å²) in [6.45, 7) is 3.16. The van der Waals surface area contributed by atoms with Crippen LogP contribution in [0.2, 0.25) is 5.02 Å². The van der Waals surface area contributed by atoms with E-state index in [0.717, 1.165) is 23.0 Å². The minimum Gasteiger partial charge on any atom is -0.367 e. The van der Waals surface area contributed by atoms with E-state index in [2.05, 4.69) is 17.0 Å². The summed E-state index contributed by atoms with van der Waals surface area (Å²) in [5.41, 5.74) is 8.25. The average Bonchev–Trinajstić information content (AvgIpc) is 2.82. The molecule has 2 N–H and O–H groups in total. The molecule has 3 heteroatoms. The molecular weight excluding hydrogens is 256 g/mol. The second-order valence-electron chi connectivity index (χ2n) is 6.09. The highest BCUT2D eigenvalue weighted by Crippen LogP contribution is 2.41. The second kappa shape index (κ2) is 5.34. The van der Waals surface area contributed by atoms with Crippen LogP contribution >= 0.6 is 11.6 Å². The Kier molecular flexibility index (Phi) is 3.72. The highest BCUT2D eigenvalue weighted by molar-refractivity contribution is 6.33. The maximum atomic E-state index is 6.49. The van der Waals surface area contributed by atoms with E-state index in [1.807, 2.05) is 13.0 Å². The number of anilines is 1. The van der Waals surface area contributed by atoms with Gasteiger partial charge in [0.05, 0.1) is 10.7 Å². The minimum atomic E-state index is 0.0487. The molecular formula is C16H23ClN2. The highest BCUT2D eigenvalue weighted by Gasteiger charge is 2.36. The molecule has 2 fully saturated rings. The molecule has 1 heterocycles. The van der Waals surface area contributed by atoms with Crippen molar-refractivity contribution in [1.29, 1.82) is 0 Å². The van der Waals surface area contributed by atoms with Gasteiger partial charge >= 0.3 is 0 Å². The normalized spacial score (nSPS) is 28.3.